The zero-order valence-corrected chi connectivity index (χ0v) is 10.5. The van der Waals surface area contributed by atoms with E-state index in [1.807, 2.05) is 19.9 Å². The smallest absolute Gasteiger partial charge is 0.130 e. The van der Waals surface area contributed by atoms with Gasteiger partial charge in [-0.25, -0.2) is 9.37 Å². The summed E-state index contributed by atoms with van der Waals surface area (Å²) >= 11 is 5.11. The minimum Gasteiger partial charge on any atom is -0.343 e. The van der Waals surface area contributed by atoms with Crippen LogP contribution in [-0.2, 0) is 0 Å². The summed E-state index contributed by atoms with van der Waals surface area (Å²) < 4.78 is 13.7. The number of aromatic amines is 1. The molecule has 0 aliphatic carbocycles. The van der Waals surface area contributed by atoms with E-state index in [-0.39, 0.29) is 11.7 Å². The van der Waals surface area contributed by atoms with Crippen molar-refractivity contribution >= 4 is 12.2 Å². The number of halogens is 1. The van der Waals surface area contributed by atoms with E-state index in [1.165, 1.54) is 12.1 Å². The Kier molecular flexibility index (Phi) is 3.33. The summed E-state index contributed by atoms with van der Waals surface area (Å²) in [5.41, 5.74) is 1.58. The topological polar surface area (TPSA) is 28.7 Å². The Labute approximate surface area is 105 Å². The van der Waals surface area contributed by atoms with Crippen molar-refractivity contribution in [3.63, 3.8) is 0 Å². The van der Waals surface area contributed by atoms with Crippen LogP contribution in [0.15, 0.2) is 30.3 Å². The molecule has 88 valence electrons. The largest absolute Gasteiger partial charge is 0.343 e. The van der Waals surface area contributed by atoms with Crippen molar-refractivity contribution < 1.29 is 4.39 Å². The van der Waals surface area contributed by atoms with Crippen molar-refractivity contribution in [2.45, 2.75) is 19.8 Å². The van der Waals surface area contributed by atoms with Crippen molar-refractivity contribution in [3.8, 4) is 11.3 Å². The van der Waals surface area contributed by atoms with Crippen molar-refractivity contribution in [3.05, 3.63) is 46.6 Å². The Bertz CT molecular complexity index is 590. The Balaban J connectivity index is 2.56. The highest BCUT2D eigenvalue weighted by Gasteiger charge is 2.05. The lowest BCUT2D eigenvalue weighted by atomic mass is 10.1. The van der Waals surface area contributed by atoms with E-state index in [9.17, 15) is 4.39 Å². The van der Waals surface area contributed by atoms with E-state index in [0.29, 0.717) is 4.64 Å². The molecule has 1 N–H and O–H groups in total. The van der Waals surface area contributed by atoms with E-state index in [1.54, 1.807) is 12.1 Å². The van der Waals surface area contributed by atoms with Crippen molar-refractivity contribution in [1.82, 2.24) is 9.97 Å². The van der Waals surface area contributed by atoms with Crippen LogP contribution in [0.2, 0.25) is 0 Å². The first kappa shape index (κ1) is 11.9. The van der Waals surface area contributed by atoms with Crippen LogP contribution in [0.1, 0.15) is 25.6 Å². The van der Waals surface area contributed by atoms with Gasteiger partial charge in [-0.05, 0) is 18.2 Å². The van der Waals surface area contributed by atoms with E-state index in [2.05, 4.69) is 9.97 Å². The number of hydrogen-bond acceptors (Lipinski definition) is 2. The summed E-state index contributed by atoms with van der Waals surface area (Å²) in [5, 5.41) is 0. The molecular weight excluding hydrogens is 235 g/mol. The second-order valence-electron chi connectivity index (χ2n) is 4.18. The number of hydrogen-bond donors (Lipinski definition) is 1. The summed E-state index contributed by atoms with van der Waals surface area (Å²) in [4.78, 5) is 7.43. The third kappa shape index (κ3) is 2.77. The van der Waals surface area contributed by atoms with Gasteiger partial charge in [0.1, 0.15) is 16.3 Å². The van der Waals surface area contributed by atoms with E-state index in [0.717, 1.165) is 17.1 Å². The molecule has 0 saturated carbocycles. The van der Waals surface area contributed by atoms with Crippen LogP contribution in [-0.4, -0.2) is 9.97 Å². The predicted molar refractivity (Wildman–Crippen MR) is 68.9 cm³/mol. The minimum atomic E-state index is -0.260. The third-order valence-corrected chi connectivity index (χ3v) is 2.65. The molecule has 0 atom stereocenters. The number of benzene rings is 1. The van der Waals surface area contributed by atoms with Gasteiger partial charge in [0.2, 0.25) is 0 Å². The third-order valence-electron chi connectivity index (χ3n) is 2.44. The minimum absolute atomic E-state index is 0.255. The van der Waals surface area contributed by atoms with Crippen LogP contribution in [0.25, 0.3) is 11.3 Å². The van der Waals surface area contributed by atoms with Gasteiger partial charge in [-0.2, -0.15) is 0 Å². The van der Waals surface area contributed by atoms with Gasteiger partial charge < -0.3 is 4.98 Å². The molecule has 0 aliphatic heterocycles. The van der Waals surface area contributed by atoms with Crippen LogP contribution in [0.5, 0.6) is 0 Å². The predicted octanol–water partition coefficient (Wildman–Crippen LogP) is 4.07. The average molecular weight is 248 g/mol. The van der Waals surface area contributed by atoms with E-state index in [4.69, 9.17) is 12.2 Å². The SMILES string of the molecule is CC(C)c1nc(=S)cc(-c2cccc(F)c2)[nH]1. The highest BCUT2D eigenvalue weighted by Crippen LogP contribution is 2.20. The van der Waals surface area contributed by atoms with Crippen LogP contribution in [0.3, 0.4) is 0 Å². The molecule has 1 aromatic heterocycles. The zero-order valence-electron chi connectivity index (χ0n) is 9.70. The Morgan fingerprint density at radius 2 is 2.06 bits per heavy atom. The zero-order chi connectivity index (χ0) is 12.4. The van der Waals surface area contributed by atoms with E-state index < -0.39 is 0 Å². The fourth-order valence-corrected chi connectivity index (χ4v) is 1.78. The lowest BCUT2D eigenvalue weighted by Gasteiger charge is -2.08. The number of H-pyrrole nitrogens is 1. The molecule has 0 amide bonds. The maximum absolute atomic E-state index is 13.2. The number of aromatic nitrogens is 2. The molecule has 4 heteroatoms. The fraction of sp³-hybridized carbons (Fsp3) is 0.231. The average Bonchev–Trinajstić information content (AvgIpc) is 2.28. The lowest BCUT2D eigenvalue weighted by Crippen LogP contribution is -1.99. The number of nitrogens with zero attached hydrogens (tertiary/aromatic N) is 1. The van der Waals surface area contributed by atoms with Crippen LogP contribution >= 0.6 is 12.2 Å². The Morgan fingerprint density at radius 3 is 2.71 bits per heavy atom. The normalized spacial score (nSPS) is 10.8. The standard InChI is InChI=1S/C13H13FN2S/c1-8(2)13-15-11(7-12(17)16-13)9-4-3-5-10(14)6-9/h3-8H,1-2H3,(H,15,16,17). The summed E-state index contributed by atoms with van der Waals surface area (Å²) in [6.45, 7) is 4.06. The van der Waals surface area contributed by atoms with Gasteiger partial charge in [0.15, 0.2) is 0 Å². The van der Waals surface area contributed by atoms with Crippen molar-refractivity contribution in [1.29, 1.82) is 0 Å². The molecule has 1 heterocycles. The molecule has 0 fully saturated rings. The van der Waals surface area contributed by atoms with Gasteiger partial charge in [0.05, 0.1) is 0 Å². The lowest BCUT2D eigenvalue weighted by molar-refractivity contribution is 0.628. The molecule has 0 unspecified atom stereocenters. The van der Waals surface area contributed by atoms with Crippen LogP contribution in [0, 0.1) is 10.5 Å². The second-order valence-corrected chi connectivity index (χ2v) is 4.60. The van der Waals surface area contributed by atoms with Gasteiger partial charge in [-0.15, -0.1) is 0 Å². The summed E-state index contributed by atoms with van der Waals surface area (Å²) in [5.74, 6) is 0.812. The molecule has 0 aliphatic rings. The molecule has 0 bridgehead atoms. The highest BCUT2D eigenvalue weighted by atomic mass is 32.1. The Morgan fingerprint density at radius 1 is 1.29 bits per heavy atom. The first-order chi connectivity index (χ1) is 8.06. The first-order valence-electron chi connectivity index (χ1n) is 5.43. The summed E-state index contributed by atoms with van der Waals surface area (Å²) in [6, 6.07) is 8.16. The molecule has 1 aromatic carbocycles. The quantitative estimate of drug-likeness (QED) is 0.812. The van der Waals surface area contributed by atoms with Crippen LogP contribution in [0.4, 0.5) is 4.39 Å². The maximum Gasteiger partial charge on any atom is 0.130 e. The molecule has 0 radical (unpaired) electrons. The molecule has 2 aromatic rings. The van der Waals surface area contributed by atoms with Gasteiger partial charge in [-0.3, -0.25) is 0 Å². The monoisotopic (exact) mass is 248 g/mol. The number of rotatable bonds is 2. The highest BCUT2D eigenvalue weighted by molar-refractivity contribution is 7.71. The van der Waals surface area contributed by atoms with Crippen molar-refractivity contribution in [2.24, 2.45) is 0 Å². The summed E-state index contributed by atoms with van der Waals surface area (Å²) in [6.07, 6.45) is 0. The van der Waals surface area contributed by atoms with Crippen LogP contribution < -0.4 is 0 Å². The maximum atomic E-state index is 13.2. The molecule has 2 nitrogen and oxygen atoms in total. The second kappa shape index (κ2) is 4.75. The molecule has 2 rings (SSSR count). The first-order valence-corrected chi connectivity index (χ1v) is 5.84. The van der Waals surface area contributed by atoms with E-state index >= 15 is 0 Å². The van der Waals surface area contributed by atoms with Gasteiger partial charge in [0, 0.05) is 17.2 Å². The molecule has 0 saturated heterocycles. The van der Waals surface area contributed by atoms with Gasteiger partial charge in [-0.1, -0.05) is 38.2 Å². The fourth-order valence-electron chi connectivity index (χ4n) is 1.56. The summed E-state index contributed by atoms with van der Waals surface area (Å²) in [7, 11) is 0. The van der Waals surface area contributed by atoms with Gasteiger partial charge >= 0.3 is 0 Å². The molecule has 0 spiro atoms. The number of nitrogens with one attached hydrogen (secondary N) is 1. The Hall–Kier alpha value is -1.55. The van der Waals surface area contributed by atoms with Crippen molar-refractivity contribution in [2.75, 3.05) is 0 Å². The van der Waals surface area contributed by atoms with Gasteiger partial charge in [0.25, 0.3) is 0 Å². The molecular formula is C13H13FN2S. The molecule has 17 heavy (non-hydrogen) atoms.